The summed E-state index contributed by atoms with van der Waals surface area (Å²) in [6, 6.07) is 9.38. The first-order valence-electron chi connectivity index (χ1n) is 9.31. The van der Waals surface area contributed by atoms with Gasteiger partial charge >= 0.3 is 0 Å². The molecule has 0 aliphatic carbocycles. The van der Waals surface area contributed by atoms with E-state index in [2.05, 4.69) is 17.2 Å². The van der Waals surface area contributed by atoms with Crippen LogP contribution in [0.2, 0.25) is 0 Å². The van der Waals surface area contributed by atoms with E-state index in [9.17, 15) is 4.79 Å². The lowest BCUT2D eigenvalue weighted by molar-refractivity contribution is 0.0683. The van der Waals surface area contributed by atoms with Crippen LogP contribution in [-0.2, 0) is 6.54 Å². The molecule has 6 heteroatoms. The van der Waals surface area contributed by atoms with Gasteiger partial charge in [-0.05, 0) is 48.6 Å². The second-order valence-electron chi connectivity index (χ2n) is 6.97. The van der Waals surface area contributed by atoms with Crippen LogP contribution in [0.15, 0.2) is 36.5 Å². The summed E-state index contributed by atoms with van der Waals surface area (Å²) in [5.41, 5.74) is 1.71. The molecule has 1 atom stereocenters. The van der Waals surface area contributed by atoms with Gasteiger partial charge in [0.2, 0.25) is 0 Å². The molecule has 0 radical (unpaired) electrons. The fraction of sp³-hybridized carbons (Fsp3) is 0.429. The zero-order chi connectivity index (χ0) is 19.2. The van der Waals surface area contributed by atoms with E-state index in [0.29, 0.717) is 35.3 Å². The number of hydrogen-bond acceptors (Lipinski definition) is 5. The van der Waals surface area contributed by atoms with Gasteiger partial charge in [0.05, 0.1) is 14.2 Å². The van der Waals surface area contributed by atoms with Crippen molar-refractivity contribution in [1.29, 1.82) is 0 Å². The fourth-order valence-electron chi connectivity index (χ4n) is 3.40. The molecule has 1 aromatic carbocycles. The van der Waals surface area contributed by atoms with Crippen LogP contribution in [0, 0.1) is 5.92 Å². The predicted molar refractivity (Wildman–Crippen MR) is 105 cm³/mol. The van der Waals surface area contributed by atoms with Gasteiger partial charge in [0.1, 0.15) is 5.82 Å². The maximum atomic E-state index is 12.8. The van der Waals surface area contributed by atoms with Gasteiger partial charge in [0.25, 0.3) is 5.91 Å². The van der Waals surface area contributed by atoms with Gasteiger partial charge in [-0.25, -0.2) is 4.98 Å². The number of aromatic nitrogens is 1. The van der Waals surface area contributed by atoms with Crippen molar-refractivity contribution in [1.82, 2.24) is 9.88 Å². The Morgan fingerprint density at radius 3 is 2.78 bits per heavy atom. The molecule has 3 rings (SSSR count). The molecule has 1 amide bonds. The fourth-order valence-corrected chi connectivity index (χ4v) is 3.40. The molecule has 6 nitrogen and oxygen atoms in total. The highest BCUT2D eigenvalue weighted by Crippen LogP contribution is 2.27. The highest BCUT2D eigenvalue weighted by Gasteiger charge is 2.22. The lowest BCUT2D eigenvalue weighted by Gasteiger charge is -2.31. The third-order valence-electron chi connectivity index (χ3n) is 4.87. The van der Waals surface area contributed by atoms with Crippen molar-refractivity contribution >= 4 is 11.7 Å². The van der Waals surface area contributed by atoms with Crippen LogP contribution in [0.4, 0.5) is 5.82 Å². The monoisotopic (exact) mass is 369 g/mol. The van der Waals surface area contributed by atoms with E-state index in [-0.39, 0.29) is 5.91 Å². The average Bonchev–Trinajstić information content (AvgIpc) is 2.71. The van der Waals surface area contributed by atoms with Crippen molar-refractivity contribution in [3.05, 3.63) is 47.7 Å². The molecule has 27 heavy (non-hydrogen) atoms. The molecule has 1 fully saturated rings. The molecule has 2 heterocycles. The molecule has 1 aromatic heterocycles. The lowest BCUT2D eigenvalue weighted by Crippen LogP contribution is -2.39. The van der Waals surface area contributed by atoms with Crippen LogP contribution in [0.1, 0.15) is 35.7 Å². The SMILES string of the molecule is COc1ccc(CNc2cc(C(=O)N3CCCC(C)C3)ccn2)cc1OC. The molecule has 0 bridgehead atoms. The minimum absolute atomic E-state index is 0.0816. The minimum Gasteiger partial charge on any atom is -0.493 e. The Balaban J connectivity index is 1.66. The van der Waals surface area contributed by atoms with E-state index in [4.69, 9.17) is 9.47 Å². The first kappa shape index (κ1) is 19.0. The number of amides is 1. The number of hydrogen-bond donors (Lipinski definition) is 1. The number of pyridine rings is 1. The largest absolute Gasteiger partial charge is 0.493 e. The van der Waals surface area contributed by atoms with Gasteiger partial charge in [-0.15, -0.1) is 0 Å². The maximum absolute atomic E-state index is 12.8. The van der Waals surface area contributed by atoms with E-state index >= 15 is 0 Å². The summed E-state index contributed by atoms with van der Waals surface area (Å²) < 4.78 is 10.6. The van der Waals surface area contributed by atoms with E-state index in [1.807, 2.05) is 29.2 Å². The smallest absolute Gasteiger partial charge is 0.254 e. The Kier molecular flexibility index (Phi) is 6.16. The van der Waals surface area contributed by atoms with Gasteiger partial charge in [0, 0.05) is 31.4 Å². The first-order chi connectivity index (χ1) is 13.1. The Morgan fingerprint density at radius 1 is 1.22 bits per heavy atom. The van der Waals surface area contributed by atoms with Crippen molar-refractivity contribution in [3.63, 3.8) is 0 Å². The van der Waals surface area contributed by atoms with Crippen LogP contribution >= 0.6 is 0 Å². The summed E-state index contributed by atoms with van der Waals surface area (Å²) >= 11 is 0. The summed E-state index contributed by atoms with van der Waals surface area (Å²) in [7, 11) is 3.23. The van der Waals surface area contributed by atoms with Crippen LogP contribution in [-0.4, -0.2) is 43.1 Å². The van der Waals surface area contributed by atoms with Gasteiger partial charge in [-0.3, -0.25) is 4.79 Å². The van der Waals surface area contributed by atoms with Crippen molar-refractivity contribution in [2.24, 2.45) is 5.92 Å². The molecule has 0 spiro atoms. The summed E-state index contributed by atoms with van der Waals surface area (Å²) in [6.45, 7) is 4.43. The van der Waals surface area contributed by atoms with Gasteiger partial charge in [-0.1, -0.05) is 13.0 Å². The number of rotatable bonds is 6. The standard InChI is InChI=1S/C21H27N3O3/c1-15-5-4-10-24(14-15)21(25)17-8-9-22-20(12-17)23-13-16-6-7-18(26-2)19(11-16)27-3/h6-9,11-12,15H,4-5,10,13-14H2,1-3H3,(H,22,23). The maximum Gasteiger partial charge on any atom is 0.254 e. The van der Waals surface area contributed by atoms with Gasteiger partial charge in [-0.2, -0.15) is 0 Å². The third-order valence-corrected chi connectivity index (χ3v) is 4.87. The number of nitrogens with zero attached hydrogens (tertiary/aromatic N) is 2. The Hall–Kier alpha value is -2.76. The number of carbonyl (C=O) groups excluding carboxylic acids is 1. The number of nitrogens with one attached hydrogen (secondary N) is 1. The topological polar surface area (TPSA) is 63.7 Å². The second-order valence-corrected chi connectivity index (χ2v) is 6.97. The number of benzene rings is 1. The molecule has 1 saturated heterocycles. The minimum atomic E-state index is 0.0816. The van der Waals surface area contributed by atoms with Crippen LogP contribution in [0.25, 0.3) is 0 Å². The second kappa shape index (κ2) is 8.75. The number of likely N-dealkylation sites (tertiary alicyclic amines) is 1. The Bertz CT molecular complexity index is 794. The molecule has 0 saturated carbocycles. The van der Waals surface area contributed by atoms with Gasteiger partial charge in [0.15, 0.2) is 11.5 Å². The average molecular weight is 369 g/mol. The number of anilines is 1. The number of methoxy groups -OCH3 is 2. The number of carbonyl (C=O) groups is 1. The lowest BCUT2D eigenvalue weighted by atomic mass is 9.99. The van der Waals surface area contributed by atoms with Crippen LogP contribution < -0.4 is 14.8 Å². The third kappa shape index (κ3) is 4.70. The van der Waals surface area contributed by atoms with Gasteiger partial charge < -0.3 is 19.7 Å². The van der Waals surface area contributed by atoms with Crippen molar-refractivity contribution in [3.8, 4) is 11.5 Å². The molecule has 1 aliphatic rings. The van der Waals surface area contributed by atoms with E-state index in [1.54, 1.807) is 26.5 Å². The molecule has 1 aliphatic heterocycles. The summed E-state index contributed by atoms with van der Waals surface area (Å²) in [5, 5.41) is 3.28. The molecule has 1 unspecified atom stereocenters. The zero-order valence-electron chi connectivity index (χ0n) is 16.2. The predicted octanol–water partition coefficient (Wildman–Crippen LogP) is 3.58. The molecule has 2 aromatic rings. The first-order valence-corrected chi connectivity index (χ1v) is 9.31. The van der Waals surface area contributed by atoms with Crippen molar-refractivity contribution < 1.29 is 14.3 Å². The van der Waals surface area contributed by atoms with Crippen molar-refractivity contribution in [2.45, 2.75) is 26.3 Å². The molecular formula is C21H27N3O3. The summed E-state index contributed by atoms with van der Waals surface area (Å²) in [5.74, 6) is 2.71. The molecule has 144 valence electrons. The normalized spacial score (nSPS) is 16.7. The van der Waals surface area contributed by atoms with Crippen LogP contribution in [0.5, 0.6) is 11.5 Å². The van der Waals surface area contributed by atoms with E-state index in [0.717, 1.165) is 25.1 Å². The number of ether oxygens (including phenoxy) is 2. The zero-order valence-corrected chi connectivity index (χ0v) is 16.2. The van der Waals surface area contributed by atoms with E-state index < -0.39 is 0 Å². The summed E-state index contributed by atoms with van der Waals surface area (Å²) in [4.78, 5) is 19.0. The Labute approximate surface area is 160 Å². The summed E-state index contributed by atoms with van der Waals surface area (Å²) in [6.07, 6.45) is 3.94. The van der Waals surface area contributed by atoms with Crippen molar-refractivity contribution in [2.75, 3.05) is 32.6 Å². The molecular weight excluding hydrogens is 342 g/mol. The number of piperidine rings is 1. The van der Waals surface area contributed by atoms with Crippen LogP contribution in [0.3, 0.4) is 0 Å². The quantitative estimate of drug-likeness (QED) is 0.843. The highest BCUT2D eigenvalue weighted by atomic mass is 16.5. The van der Waals surface area contributed by atoms with E-state index in [1.165, 1.54) is 6.42 Å². The highest BCUT2D eigenvalue weighted by molar-refractivity contribution is 5.94. The Morgan fingerprint density at radius 2 is 2.04 bits per heavy atom. The molecule has 1 N–H and O–H groups in total.